The summed E-state index contributed by atoms with van der Waals surface area (Å²) in [6.45, 7) is 1.77. The topological polar surface area (TPSA) is 101 Å². The van der Waals surface area contributed by atoms with E-state index in [0.29, 0.717) is 5.56 Å². The Labute approximate surface area is 109 Å². The molecule has 0 fully saturated rings. The number of nitrogens with zero attached hydrogens (tertiary/aromatic N) is 1. The molecule has 0 radical (unpaired) electrons. The maximum atomic E-state index is 13.6. The van der Waals surface area contributed by atoms with E-state index >= 15 is 0 Å². The van der Waals surface area contributed by atoms with Gasteiger partial charge in [0, 0.05) is 17.8 Å². The predicted molar refractivity (Wildman–Crippen MR) is 68.2 cm³/mol. The van der Waals surface area contributed by atoms with Crippen molar-refractivity contribution >= 4 is 15.7 Å². The molecule has 0 atom stereocenters. The van der Waals surface area contributed by atoms with E-state index in [0.717, 1.165) is 11.8 Å². The minimum Gasteiger partial charge on any atom is -0.398 e. The van der Waals surface area contributed by atoms with Crippen LogP contribution in [-0.4, -0.2) is 18.6 Å². The molecule has 0 saturated heterocycles. The lowest BCUT2D eigenvalue weighted by Gasteiger charge is -2.09. The fourth-order valence-corrected chi connectivity index (χ4v) is 2.80. The van der Waals surface area contributed by atoms with Crippen LogP contribution < -0.4 is 10.5 Å². The van der Waals surface area contributed by atoms with Crippen LogP contribution in [0.4, 0.5) is 10.1 Å². The highest BCUT2D eigenvalue weighted by Crippen LogP contribution is 2.21. The number of rotatable bonds is 4. The summed E-state index contributed by atoms with van der Waals surface area (Å²) >= 11 is 0. The van der Waals surface area contributed by atoms with Crippen LogP contribution in [0.15, 0.2) is 29.3 Å². The number of sulfonamides is 1. The molecule has 102 valence electrons. The van der Waals surface area contributed by atoms with Gasteiger partial charge in [-0.1, -0.05) is 6.07 Å². The van der Waals surface area contributed by atoms with E-state index in [1.165, 1.54) is 18.3 Å². The smallest absolute Gasteiger partial charge is 0.245 e. The van der Waals surface area contributed by atoms with Crippen LogP contribution in [0.2, 0.25) is 0 Å². The Hall–Kier alpha value is -1.93. The number of nitrogen functional groups attached to an aromatic ring is 1. The SMILES string of the molecule is Cc1[nH]ncc1CNS(=O)(=O)c1c(N)cccc1F. The van der Waals surface area contributed by atoms with Gasteiger partial charge < -0.3 is 5.73 Å². The van der Waals surface area contributed by atoms with E-state index in [-0.39, 0.29) is 12.2 Å². The van der Waals surface area contributed by atoms with Crippen LogP contribution in [0.25, 0.3) is 0 Å². The third-order valence-corrected chi connectivity index (χ3v) is 4.15. The maximum Gasteiger partial charge on any atom is 0.245 e. The number of nitrogens with one attached hydrogen (secondary N) is 2. The number of benzene rings is 1. The molecular weight excluding hydrogens is 271 g/mol. The Morgan fingerprint density at radius 3 is 2.79 bits per heavy atom. The van der Waals surface area contributed by atoms with Crippen molar-refractivity contribution in [2.45, 2.75) is 18.4 Å². The third-order valence-electron chi connectivity index (χ3n) is 2.65. The zero-order valence-corrected chi connectivity index (χ0v) is 11.0. The second-order valence-electron chi connectivity index (χ2n) is 4.00. The summed E-state index contributed by atoms with van der Waals surface area (Å²) in [6, 6.07) is 3.73. The van der Waals surface area contributed by atoms with Gasteiger partial charge in [-0.3, -0.25) is 5.10 Å². The molecule has 1 aromatic carbocycles. The van der Waals surface area contributed by atoms with Gasteiger partial charge in [0.05, 0.1) is 11.9 Å². The Bertz CT molecular complexity index is 676. The summed E-state index contributed by atoms with van der Waals surface area (Å²) in [5, 5.41) is 6.46. The van der Waals surface area contributed by atoms with Crippen LogP contribution >= 0.6 is 0 Å². The molecule has 2 rings (SSSR count). The van der Waals surface area contributed by atoms with Crippen LogP contribution in [0.5, 0.6) is 0 Å². The minimum absolute atomic E-state index is 0.0123. The minimum atomic E-state index is -4.01. The Balaban J connectivity index is 2.26. The molecule has 0 unspecified atom stereocenters. The highest BCUT2D eigenvalue weighted by atomic mass is 32.2. The number of aryl methyl sites for hydroxylation is 1. The van der Waals surface area contributed by atoms with Crippen molar-refractivity contribution in [3.8, 4) is 0 Å². The molecule has 1 aromatic heterocycles. The molecule has 1 heterocycles. The molecule has 0 aliphatic rings. The van der Waals surface area contributed by atoms with Gasteiger partial charge in [0.2, 0.25) is 10.0 Å². The molecule has 0 bridgehead atoms. The van der Waals surface area contributed by atoms with Crippen molar-refractivity contribution in [2.75, 3.05) is 5.73 Å². The average molecular weight is 284 g/mol. The lowest BCUT2D eigenvalue weighted by atomic mass is 10.3. The summed E-state index contributed by atoms with van der Waals surface area (Å²) < 4.78 is 39.9. The molecule has 0 spiro atoms. The van der Waals surface area contributed by atoms with Gasteiger partial charge in [0.25, 0.3) is 0 Å². The summed E-state index contributed by atoms with van der Waals surface area (Å²) in [6.07, 6.45) is 1.50. The quantitative estimate of drug-likeness (QED) is 0.727. The normalized spacial score (nSPS) is 11.7. The molecule has 6 nitrogen and oxygen atoms in total. The molecular formula is C11H13FN4O2S. The summed E-state index contributed by atoms with van der Waals surface area (Å²) in [5.74, 6) is -0.878. The van der Waals surface area contributed by atoms with Gasteiger partial charge in [-0.25, -0.2) is 17.5 Å². The first-order valence-electron chi connectivity index (χ1n) is 5.44. The van der Waals surface area contributed by atoms with Gasteiger partial charge in [0.1, 0.15) is 10.7 Å². The van der Waals surface area contributed by atoms with Gasteiger partial charge in [-0.2, -0.15) is 5.10 Å². The van der Waals surface area contributed by atoms with Gasteiger partial charge in [-0.15, -0.1) is 0 Å². The molecule has 4 N–H and O–H groups in total. The molecule has 19 heavy (non-hydrogen) atoms. The Kier molecular flexibility index (Phi) is 3.54. The number of H-pyrrole nitrogens is 1. The number of anilines is 1. The van der Waals surface area contributed by atoms with E-state index in [1.807, 2.05) is 0 Å². The van der Waals surface area contributed by atoms with E-state index in [2.05, 4.69) is 14.9 Å². The fraction of sp³-hybridized carbons (Fsp3) is 0.182. The lowest BCUT2D eigenvalue weighted by Crippen LogP contribution is -2.25. The number of hydrogen-bond acceptors (Lipinski definition) is 4. The molecule has 0 amide bonds. The molecule has 0 saturated carbocycles. The first-order valence-corrected chi connectivity index (χ1v) is 6.92. The zero-order chi connectivity index (χ0) is 14.0. The summed E-state index contributed by atoms with van der Waals surface area (Å²) in [7, 11) is -4.01. The van der Waals surface area contributed by atoms with Crippen LogP contribution in [-0.2, 0) is 16.6 Å². The molecule has 0 aliphatic heterocycles. The third kappa shape index (κ3) is 2.74. The first-order chi connectivity index (χ1) is 8.92. The highest BCUT2D eigenvalue weighted by Gasteiger charge is 2.22. The van der Waals surface area contributed by atoms with Crippen molar-refractivity contribution in [1.82, 2.24) is 14.9 Å². The second-order valence-corrected chi connectivity index (χ2v) is 5.71. The van der Waals surface area contributed by atoms with Crippen molar-refractivity contribution in [3.63, 3.8) is 0 Å². The van der Waals surface area contributed by atoms with Crippen molar-refractivity contribution in [2.24, 2.45) is 0 Å². The van der Waals surface area contributed by atoms with E-state index in [9.17, 15) is 12.8 Å². The molecule has 2 aromatic rings. The van der Waals surface area contributed by atoms with Crippen LogP contribution in [0.1, 0.15) is 11.3 Å². The average Bonchev–Trinajstić information content (AvgIpc) is 2.72. The monoisotopic (exact) mass is 284 g/mol. The highest BCUT2D eigenvalue weighted by molar-refractivity contribution is 7.89. The molecule has 0 aliphatic carbocycles. The maximum absolute atomic E-state index is 13.6. The number of nitrogens with two attached hydrogens (primary N) is 1. The lowest BCUT2D eigenvalue weighted by molar-refractivity contribution is 0.558. The first kappa shape index (κ1) is 13.5. The Morgan fingerprint density at radius 1 is 1.47 bits per heavy atom. The van der Waals surface area contributed by atoms with E-state index < -0.39 is 20.7 Å². The van der Waals surface area contributed by atoms with E-state index in [4.69, 9.17) is 5.73 Å². The number of aromatic amines is 1. The number of hydrogen-bond donors (Lipinski definition) is 3. The van der Waals surface area contributed by atoms with Crippen molar-refractivity contribution in [3.05, 3.63) is 41.5 Å². The number of halogens is 1. The van der Waals surface area contributed by atoms with Crippen molar-refractivity contribution in [1.29, 1.82) is 0 Å². The molecule has 8 heteroatoms. The van der Waals surface area contributed by atoms with Crippen LogP contribution in [0.3, 0.4) is 0 Å². The standard InChI is InChI=1S/C11H13FN4O2S/c1-7-8(5-14-16-7)6-15-19(17,18)11-9(12)3-2-4-10(11)13/h2-5,15H,6,13H2,1H3,(H,14,16). The summed E-state index contributed by atoms with van der Waals surface area (Å²) in [5.41, 5.74) is 6.80. The van der Waals surface area contributed by atoms with Gasteiger partial charge >= 0.3 is 0 Å². The number of aromatic nitrogens is 2. The zero-order valence-electron chi connectivity index (χ0n) is 10.1. The second kappa shape index (κ2) is 4.98. The van der Waals surface area contributed by atoms with Gasteiger partial charge in [0.15, 0.2) is 0 Å². The fourth-order valence-electron chi connectivity index (χ4n) is 1.61. The van der Waals surface area contributed by atoms with Gasteiger partial charge in [-0.05, 0) is 19.1 Å². The van der Waals surface area contributed by atoms with Crippen LogP contribution in [0, 0.1) is 12.7 Å². The largest absolute Gasteiger partial charge is 0.398 e. The summed E-state index contributed by atoms with van der Waals surface area (Å²) in [4.78, 5) is -0.531. The van der Waals surface area contributed by atoms with Crippen molar-refractivity contribution < 1.29 is 12.8 Å². The Morgan fingerprint density at radius 2 is 2.21 bits per heavy atom. The van der Waals surface area contributed by atoms with E-state index in [1.54, 1.807) is 6.92 Å². The predicted octanol–water partition coefficient (Wildman–Crippen LogP) is 0.918.